The molecule has 1 aliphatic rings. The minimum Gasteiger partial charge on any atom is -0.478 e. The number of carbonyl (C=O) groups is 1. The molecule has 1 aliphatic carbocycles. The predicted molar refractivity (Wildman–Crippen MR) is 72.3 cm³/mol. The molecule has 5 nitrogen and oxygen atoms in total. The highest BCUT2D eigenvalue weighted by Crippen LogP contribution is 2.36. The second-order valence-corrected chi connectivity index (χ2v) is 5.71. The summed E-state index contributed by atoms with van der Waals surface area (Å²) in [6, 6.07) is 1.51. The molecule has 2 rings (SSSR count). The van der Waals surface area contributed by atoms with E-state index in [1.807, 2.05) is 7.05 Å². The molecule has 1 aromatic rings. The van der Waals surface area contributed by atoms with Crippen LogP contribution in [0.2, 0.25) is 0 Å². The summed E-state index contributed by atoms with van der Waals surface area (Å²) in [6.07, 6.45) is 5.12. The fourth-order valence-electron chi connectivity index (χ4n) is 2.79. The van der Waals surface area contributed by atoms with E-state index in [2.05, 4.69) is 23.9 Å². The van der Waals surface area contributed by atoms with Crippen molar-refractivity contribution in [1.29, 1.82) is 0 Å². The van der Waals surface area contributed by atoms with E-state index < -0.39 is 5.97 Å². The van der Waals surface area contributed by atoms with Crippen LogP contribution < -0.4 is 0 Å². The van der Waals surface area contributed by atoms with Crippen LogP contribution >= 0.6 is 0 Å². The van der Waals surface area contributed by atoms with E-state index in [1.165, 1.54) is 31.6 Å². The third-order valence-corrected chi connectivity index (χ3v) is 4.19. The Bertz CT molecular complexity index is 449. The Morgan fingerprint density at radius 2 is 2.11 bits per heavy atom. The van der Waals surface area contributed by atoms with E-state index in [0.29, 0.717) is 12.3 Å². The van der Waals surface area contributed by atoms with E-state index in [4.69, 9.17) is 9.52 Å². The summed E-state index contributed by atoms with van der Waals surface area (Å²) in [4.78, 5) is 15.5. The molecule has 1 heterocycles. The van der Waals surface area contributed by atoms with Gasteiger partial charge in [0.25, 0.3) is 0 Å². The Labute approximate surface area is 113 Å². The molecule has 1 aromatic heterocycles. The maximum Gasteiger partial charge on any atom is 0.339 e. The largest absolute Gasteiger partial charge is 0.478 e. The average molecular weight is 266 g/mol. The molecule has 0 unspecified atom stereocenters. The molecule has 0 amide bonds. The lowest BCUT2D eigenvalue weighted by Crippen LogP contribution is -2.56. The van der Waals surface area contributed by atoms with Crippen molar-refractivity contribution in [2.24, 2.45) is 0 Å². The van der Waals surface area contributed by atoms with Gasteiger partial charge in [0.1, 0.15) is 11.3 Å². The van der Waals surface area contributed by atoms with Crippen molar-refractivity contribution in [3.05, 3.63) is 23.7 Å². The summed E-state index contributed by atoms with van der Waals surface area (Å²) in [7, 11) is 6.24. The molecule has 1 saturated carbocycles. The van der Waals surface area contributed by atoms with E-state index in [-0.39, 0.29) is 11.1 Å². The Hall–Kier alpha value is -1.33. The fourth-order valence-corrected chi connectivity index (χ4v) is 2.79. The van der Waals surface area contributed by atoms with Crippen LogP contribution in [0.3, 0.4) is 0 Å². The second kappa shape index (κ2) is 5.35. The lowest BCUT2D eigenvalue weighted by atomic mass is 9.75. The zero-order valence-corrected chi connectivity index (χ0v) is 11.8. The maximum atomic E-state index is 11.0. The van der Waals surface area contributed by atoms with E-state index in [9.17, 15) is 4.79 Å². The molecule has 0 aliphatic heterocycles. The molecule has 1 N–H and O–H groups in total. The Kier molecular flexibility index (Phi) is 3.96. The van der Waals surface area contributed by atoms with Crippen LogP contribution in [-0.2, 0) is 6.54 Å². The molecule has 19 heavy (non-hydrogen) atoms. The number of hydrogen-bond donors (Lipinski definition) is 1. The summed E-state index contributed by atoms with van der Waals surface area (Å²) in [5.74, 6) is -0.397. The molecule has 0 radical (unpaired) electrons. The maximum absolute atomic E-state index is 11.0. The summed E-state index contributed by atoms with van der Waals surface area (Å²) < 4.78 is 5.29. The van der Waals surface area contributed by atoms with Crippen molar-refractivity contribution in [1.82, 2.24) is 9.80 Å². The van der Waals surface area contributed by atoms with Crippen molar-refractivity contribution < 1.29 is 14.3 Å². The lowest BCUT2D eigenvalue weighted by Gasteiger charge is -2.49. The summed E-state index contributed by atoms with van der Waals surface area (Å²) in [5.41, 5.74) is 0.504. The third-order valence-electron chi connectivity index (χ3n) is 4.19. The molecular formula is C14H22N2O3. The monoisotopic (exact) mass is 266 g/mol. The highest BCUT2D eigenvalue weighted by atomic mass is 16.4. The zero-order valence-electron chi connectivity index (χ0n) is 11.8. The second-order valence-electron chi connectivity index (χ2n) is 5.71. The summed E-state index contributed by atoms with van der Waals surface area (Å²) >= 11 is 0. The van der Waals surface area contributed by atoms with Gasteiger partial charge in [0.05, 0.1) is 12.8 Å². The van der Waals surface area contributed by atoms with Gasteiger partial charge in [-0.05, 0) is 46.5 Å². The normalized spacial score (nSPS) is 17.7. The lowest BCUT2D eigenvalue weighted by molar-refractivity contribution is 0.0242. The molecule has 5 heteroatoms. The van der Waals surface area contributed by atoms with Crippen LogP contribution in [-0.4, -0.2) is 54.1 Å². The Balaban J connectivity index is 1.99. The van der Waals surface area contributed by atoms with Crippen molar-refractivity contribution in [2.45, 2.75) is 31.3 Å². The standard InChI is InChI=1S/C14H22N2O3/c1-15(2)14(6-4-7-14)10-16(3)9-12-11(13(17)18)5-8-19-12/h5,8H,4,6-7,9-10H2,1-3H3,(H,17,18). The molecule has 0 bridgehead atoms. The van der Waals surface area contributed by atoms with Gasteiger partial charge in [-0.2, -0.15) is 0 Å². The van der Waals surface area contributed by atoms with Gasteiger partial charge in [0, 0.05) is 12.1 Å². The minimum absolute atomic E-state index is 0.241. The first-order valence-corrected chi connectivity index (χ1v) is 6.60. The third kappa shape index (κ3) is 2.82. The molecule has 106 valence electrons. The van der Waals surface area contributed by atoms with Gasteiger partial charge in [-0.3, -0.25) is 4.90 Å². The quantitative estimate of drug-likeness (QED) is 0.852. The molecule has 1 fully saturated rings. The van der Waals surface area contributed by atoms with Gasteiger partial charge in [0.2, 0.25) is 0 Å². The number of furan rings is 1. The number of likely N-dealkylation sites (N-methyl/N-ethyl adjacent to an activating group) is 2. The summed E-state index contributed by atoms with van der Waals surface area (Å²) in [6.45, 7) is 1.46. The van der Waals surface area contributed by atoms with E-state index in [0.717, 1.165) is 6.54 Å². The van der Waals surface area contributed by atoms with E-state index in [1.54, 1.807) is 0 Å². The number of carboxylic acid groups (broad SMARTS) is 1. The SMILES string of the molecule is CN(Cc1occc1C(=O)O)CC1(N(C)C)CCC1. The van der Waals surface area contributed by atoms with Gasteiger partial charge in [0.15, 0.2) is 0 Å². The van der Waals surface area contributed by atoms with Crippen LogP contribution in [0.4, 0.5) is 0 Å². The number of carboxylic acids is 1. The van der Waals surface area contributed by atoms with Gasteiger partial charge in [-0.1, -0.05) is 0 Å². The Morgan fingerprint density at radius 3 is 2.58 bits per heavy atom. The predicted octanol–water partition coefficient (Wildman–Crippen LogP) is 1.89. The highest BCUT2D eigenvalue weighted by Gasteiger charge is 2.39. The van der Waals surface area contributed by atoms with Gasteiger partial charge in [-0.15, -0.1) is 0 Å². The first kappa shape index (κ1) is 14.1. The molecular weight excluding hydrogens is 244 g/mol. The van der Waals surface area contributed by atoms with E-state index >= 15 is 0 Å². The van der Waals surface area contributed by atoms with Crippen molar-refractivity contribution >= 4 is 5.97 Å². The number of nitrogens with zero attached hydrogens (tertiary/aromatic N) is 2. The van der Waals surface area contributed by atoms with Gasteiger partial charge in [-0.25, -0.2) is 4.79 Å². The first-order chi connectivity index (χ1) is 8.94. The van der Waals surface area contributed by atoms with Gasteiger partial charge < -0.3 is 14.4 Å². The minimum atomic E-state index is -0.928. The number of aromatic carboxylic acids is 1. The highest BCUT2D eigenvalue weighted by molar-refractivity contribution is 5.88. The fraction of sp³-hybridized carbons (Fsp3) is 0.643. The van der Waals surface area contributed by atoms with Crippen LogP contribution in [0.5, 0.6) is 0 Å². The zero-order chi connectivity index (χ0) is 14.0. The molecule has 0 saturated heterocycles. The van der Waals surface area contributed by atoms with Gasteiger partial charge >= 0.3 is 5.97 Å². The van der Waals surface area contributed by atoms with Crippen LogP contribution in [0.1, 0.15) is 35.4 Å². The van der Waals surface area contributed by atoms with Crippen molar-refractivity contribution in [2.75, 3.05) is 27.7 Å². The summed E-state index contributed by atoms with van der Waals surface area (Å²) in [5, 5.41) is 9.06. The van der Waals surface area contributed by atoms with Crippen LogP contribution in [0.25, 0.3) is 0 Å². The molecule has 0 atom stereocenters. The van der Waals surface area contributed by atoms with Crippen LogP contribution in [0.15, 0.2) is 16.7 Å². The smallest absolute Gasteiger partial charge is 0.339 e. The topological polar surface area (TPSA) is 56.9 Å². The number of hydrogen-bond acceptors (Lipinski definition) is 4. The first-order valence-electron chi connectivity index (χ1n) is 6.60. The molecule has 0 aromatic carbocycles. The van der Waals surface area contributed by atoms with Crippen molar-refractivity contribution in [3.8, 4) is 0 Å². The molecule has 0 spiro atoms. The Morgan fingerprint density at radius 1 is 1.42 bits per heavy atom. The number of rotatable bonds is 6. The van der Waals surface area contributed by atoms with Crippen LogP contribution in [0, 0.1) is 0 Å². The average Bonchev–Trinajstić information content (AvgIpc) is 2.71. The van der Waals surface area contributed by atoms with Crippen molar-refractivity contribution in [3.63, 3.8) is 0 Å².